The van der Waals surface area contributed by atoms with E-state index in [1.807, 2.05) is 0 Å². The first-order valence-corrected chi connectivity index (χ1v) is 3.89. The summed E-state index contributed by atoms with van der Waals surface area (Å²) in [5.74, 6) is 5.44. The highest BCUT2D eigenvalue weighted by atomic mass is 16.3. The van der Waals surface area contributed by atoms with E-state index in [0.29, 0.717) is 11.2 Å². The summed E-state index contributed by atoms with van der Waals surface area (Å²) in [7, 11) is 0. The minimum atomic E-state index is -0.125. The highest BCUT2D eigenvalue weighted by Crippen LogP contribution is 2.01. The van der Waals surface area contributed by atoms with Gasteiger partial charge < -0.3 is 16.1 Å². The molecule has 2 aromatic heterocycles. The van der Waals surface area contributed by atoms with Crippen molar-refractivity contribution < 1.29 is 10.2 Å². The Balaban J connectivity index is 0.000000213. The van der Waals surface area contributed by atoms with Crippen LogP contribution in [0.25, 0.3) is 11.2 Å². The van der Waals surface area contributed by atoms with Crippen molar-refractivity contribution in [3.05, 3.63) is 18.9 Å². The molecule has 14 heavy (non-hydrogen) atoms. The summed E-state index contributed by atoms with van der Waals surface area (Å²) < 4.78 is 1.36. The summed E-state index contributed by atoms with van der Waals surface area (Å²) in [4.78, 5) is 11.6. The molecule has 2 rings (SSSR count). The number of aliphatic hydroxyl groups is 2. The lowest BCUT2D eigenvalue weighted by Crippen LogP contribution is -2.06. The van der Waals surface area contributed by atoms with Crippen molar-refractivity contribution in [1.82, 2.24) is 19.6 Å². The Morgan fingerprint density at radius 1 is 1.29 bits per heavy atom. The Morgan fingerprint density at radius 2 is 2.00 bits per heavy atom. The van der Waals surface area contributed by atoms with Gasteiger partial charge in [0.25, 0.3) is 0 Å². The first-order valence-electron chi connectivity index (χ1n) is 3.89. The molecule has 0 aliphatic rings. The number of hydrogen-bond acceptors (Lipinski definition) is 6. The topological polar surface area (TPSA) is 110 Å². The lowest BCUT2D eigenvalue weighted by Gasteiger charge is -1.88. The number of nitrogens with zero attached hydrogens (tertiary/aromatic N) is 4. The quantitative estimate of drug-likeness (QED) is 0.480. The van der Waals surface area contributed by atoms with E-state index in [9.17, 15) is 0 Å². The van der Waals surface area contributed by atoms with Gasteiger partial charge in [-0.2, -0.15) is 0 Å². The van der Waals surface area contributed by atoms with Crippen LogP contribution in [0.2, 0.25) is 0 Å². The fourth-order valence-corrected chi connectivity index (χ4v) is 0.785. The molecule has 0 aliphatic carbocycles. The molecular formula is C7H11N5O2. The van der Waals surface area contributed by atoms with Crippen LogP contribution in [0.4, 0.5) is 0 Å². The van der Waals surface area contributed by atoms with Crippen LogP contribution in [0, 0.1) is 0 Å². The molecule has 0 radical (unpaired) electrons. The molecule has 4 N–H and O–H groups in total. The van der Waals surface area contributed by atoms with Crippen LogP contribution >= 0.6 is 0 Å². The van der Waals surface area contributed by atoms with Crippen molar-refractivity contribution >= 4 is 11.2 Å². The second-order valence-corrected chi connectivity index (χ2v) is 2.33. The van der Waals surface area contributed by atoms with Gasteiger partial charge >= 0.3 is 0 Å². The Bertz CT molecular complexity index is 386. The maximum absolute atomic E-state index is 7.62. The first-order chi connectivity index (χ1) is 6.79. The van der Waals surface area contributed by atoms with Crippen molar-refractivity contribution in [2.45, 2.75) is 0 Å². The molecule has 7 heteroatoms. The van der Waals surface area contributed by atoms with E-state index < -0.39 is 0 Å². The molecule has 0 unspecified atom stereocenters. The maximum Gasteiger partial charge on any atom is 0.181 e. The zero-order chi connectivity index (χ0) is 10.4. The molecule has 0 amide bonds. The molecule has 0 saturated heterocycles. The van der Waals surface area contributed by atoms with Crippen molar-refractivity contribution in [2.75, 3.05) is 19.1 Å². The Kier molecular flexibility index (Phi) is 3.77. The molecule has 7 nitrogen and oxygen atoms in total. The van der Waals surface area contributed by atoms with E-state index in [0.717, 1.165) is 0 Å². The van der Waals surface area contributed by atoms with Crippen LogP contribution in [-0.4, -0.2) is 43.1 Å². The third-order valence-electron chi connectivity index (χ3n) is 1.34. The fraction of sp³-hybridized carbons (Fsp3) is 0.286. The van der Waals surface area contributed by atoms with Crippen LogP contribution in [0.3, 0.4) is 0 Å². The van der Waals surface area contributed by atoms with Gasteiger partial charge in [0.15, 0.2) is 5.65 Å². The minimum Gasteiger partial charge on any atom is -0.394 e. The van der Waals surface area contributed by atoms with Crippen molar-refractivity contribution in [3.8, 4) is 0 Å². The number of imidazole rings is 1. The highest BCUT2D eigenvalue weighted by molar-refractivity contribution is 5.68. The molecule has 76 valence electrons. The number of nitrogen functional groups attached to an aromatic ring is 1. The van der Waals surface area contributed by atoms with Crippen molar-refractivity contribution in [1.29, 1.82) is 0 Å². The van der Waals surface area contributed by atoms with Gasteiger partial charge in [0, 0.05) is 0 Å². The van der Waals surface area contributed by atoms with Crippen LogP contribution < -0.4 is 5.84 Å². The molecule has 0 atom stereocenters. The predicted octanol–water partition coefficient (Wildman–Crippen LogP) is -1.49. The number of rotatable bonds is 1. The van der Waals surface area contributed by atoms with Gasteiger partial charge in [0.2, 0.25) is 0 Å². The molecule has 0 fully saturated rings. The predicted molar refractivity (Wildman–Crippen MR) is 49.6 cm³/mol. The first kappa shape index (κ1) is 10.4. The van der Waals surface area contributed by atoms with Gasteiger partial charge in [-0.15, -0.1) is 0 Å². The standard InChI is InChI=1S/C5H5N5.C2H6O2/c6-10-3-9-4-1-7-2-8-5(4)10;3-1-2-4/h1-3H,6H2;3-4H,1-2H2. The molecule has 2 aromatic rings. The smallest absolute Gasteiger partial charge is 0.181 e. The third kappa shape index (κ3) is 2.38. The van der Waals surface area contributed by atoms with Crippen LogP contribution in [0.5, 0.6) is 0 Å². The van der Waals surface area contributed by atoms with Gasteiger partial charge in [-0.25, -0.2) is 19.6 Å². The lowest BCUT2D eigenvalue weighted by atomic mass is 10.6. The second kappa shape index (κ2) is 5.10. The van der Waals surface area contributed by atoms with Gasteiger partial charge in [0.1, 0.15) is 18.2 Å². The second-order valence-electron chi connectivity index (χ2n) is 2.33. The van der Waals surface area contributed by atoms with Crippen LogP contribution in [0.15, 0.2) is 18.9 Å². The van der Waals surface area contributed by atoms with E-state index in [1.54, 1.807) is 6.20 Å². The molecule has 0 aromatic carbocycles. The van der Waals surface area contributed by atoms with Gasteiger partial charge in [0.05, 0.1) is 19.4 Å². The van der Waals surface area contributed by atoms with Crippen LogP contribution in [0.1, 0.15) is 0 Å². The Morgan fingerprint density at radius 3 is 2.57 bits per heavy atom. The van der Waals surface area contributed by atoms with E-state index >= 15 is 0 Å². The average Bonchev–Trinajstić information content (AvgIpc) is 2.62. The summed E-state index contributed by atoms with van der Waals surface area (Å²) in [6.07, 6.45) is 4.55. The van der Waals surface area contributed by atoms with Gasteiger partial charge in [-0.1, -0.05) is 0 Å². The number of nitrogens with two attached hydrogens (primary N) is 1. The van der Waals surface area contributed by atoms with Crippen molar-refractivity contribution in [3.63, 3.8) is 0 Å². The SMILES string of the molecule is Nn1cnc2cncnc21.OCCO. The van der Waals surface area contributed by atoms with E-state index in [-0.39, 0.29) is 13.2 Å². The van der Waals surface area contributed by atoms with Gasteiger partial charge in [-0.3, -0.25) is 0 Å². The lowest BCUT2D eigenvalue weighted by molar-refractivity contribution is 0.186. The van der Waals surface area contributed by atoms with E-state index in [4.69, 9.17) is 16.1 Å². The van der Waals surface area contributed by atoms with Crippen LogP contribution in [-0.2, 0) is 0 Å². The third-order valence-corrected chi connectivity index (χ3v) is 1.34. The minimum absolute atomic E-state index is 0.125. The van der Waals surface area contributed by atoms with E-state index in [1.165, 1.54) is 17.3 Å². The molecule has 0 aliphatic heterocycles. The normalized spacial score (nSPS) is 9.57. The monoisotopic (exact) mass is 197 g/mol. The summed E-state index contributed by atoms with van der Waals surface area (Å²) in [5.41, 5.74) is 1.36. The zero-order valence-corrected chi connectivity index (χ0v) is 7.41. The number of aliphatic hydroxyl groups excluding tert-OH is 2. The molecule has 0 saturated carbocycles. The number of hydrogen-bond donors (Lipinski definition) is 3. The average molecular weight is 197 g/mol. The summed E-state index contributed by atoms with van der Waals surface area (Å²) >= 11 is 0. The molecule has 2 heterocycles. The van der Waals surface area contributed by atoms with E-state index in [2.05, 4.69) is 15.0 Å². The molecule has 0 bridgehead atoms. The largest absolute Gasteiger partial charge is 0.394 e. The molecule has 0 spiro atoms. The number of fused-ring (bicyclic) bond motifs is 1. The Hall–Kier alpha value is -1.73. The highest BCUT2D eigenvalue weighted by Gasteiger charge is 1.97. The molecular weight excluding hydrogens is 186 g/mol. The van der Waals surface area contributed by atoms with Crippen molar-refractivity contribution in [2.24, 2.45) is 0 Å². The summed E-state index contributed by atoms with van der Waals surface area (Å²) in [5, 5.41) is 15.2. The maximum atomic E-state index is 7.62. The summed E-state index contributed by atoms with van der Waals surface area (Å²) in [6.45, 7) is -0.250. The summed E-state index contributed by atoms with van der Waals surface area (Å²) in [6, 6.07) is 0. The fourth-order valence-electron chi connectivity index (χ4n) is 0.785. The zero-order valence-electron chi connectivity index (χ0n) is 7.41. The van der Waals surface area contributed by atoms with Gasteiger partial charge in [-0.05, 0) is 0 Å². The number of aromatic nitrogens is 4. The Labute approximate surface area is 79.8 Å².